The molecule has 1 amide bonds. The van der Waals surface area contributed by atoms with Gasteiger partial charge in [-0.25, -0.2) is 0 Å². The lowest BCUT2D eigenvalue weighted by molar-refractivity contribution is -0.140. The molecule has 3 heterocycles. The average Bonchev–Trinajstić information content (AvgIpc) is 3.46. The van der Waals surface area contributed by atoms with Gasteiger partial charge >= 0.3 is 0 Å². The van der Waals surface area contributed by atoms with Gasteiger partial charge in [-0.05, 0) is 75.8 Å². The Labute approximate surface area is 194 Å². The number of hydrogen-bond donors (Lipinski definition) is 1. The smallest absolute Gasteiger partial charge is 0.295 e. The van der Waals surface area contributed by atoms with E-state index in [1.807, 2.05) is 19.9 Å². The second-order valence-corrected chi connectivity index (χ2v) is 8.78. The van der Waals surface area contributed by atoms with E-state index >= 15 is 0 Å². The molecule has 1 saturated heterocycles. The van der Waals surface area contributed by atoms with Gasteiger partial charge in [-0.15, -0.1) is 0 Å². The van der Waals surface area contributed by atoms with Crippen LogP contribution in [0.4, 0.5) is 0 Å². The highest BCUT2D eigenvalue weighted by Gasteiger charge is 2.47. The molecule has 0 bridgehead atoms. The molecule has 176 valence electrons. The van der Waals surface area contributed by atoms with E-state index < -0.39 is 17.7 Å². The molecule has 2 atom stereocenters. The SMILES string of the molecule is CCN(CC)CCCN1C(=O)C(=O)/C(=C(/O)c2ccc3c(c2)C[C@H](C)O3)[C@@H]1c1ccc(C)o1. The van der Waals surface area contributed by atoms with Crippen LogP contribution < -0.4 is 4.74 Å². The molecule has 0 unspecified atom stereocenters. The average molecular weight is 453 g/mol. The van der Waals surface area contributed by atoms with Crippen LogP contribution in [0.25, 0.3) is 5.76 Å². The Balaban J connectivity index is 1.70. The second-order valence-electron chi connectivity index (χ2n) is 8.78. The lowest BCUT2D eigenvalue weighted by atomic mass is 9.97. The molecular weight excluding hydrogens is 420 g/mol. The van der Waals surface area contributed by atoms with Crippen molar-refractivity contribution in [3.05, 3.63) is 58.6 Å². The van der Waals surface area contributed by atoms with Gasteiger partial charge in [-0.1, -0.05) is 13.8 Å². The Kier molecular flexibility index (Phi) is 6.61. The Morgan fingerprint density at radius 3 is 2.61 bits per heavy atom. The first-order valence-electron chi connectivity index (χ1n) is 11.7. The number of rotatable bonds is 8. The van der Waals surface area contributed by atoms with E-state index in [1.165, 1.54) is 4.90 Å². The van der Waals surface area contributed by atoms with E-state index in [4.69, 9.17) is 9.15 Å². The predicted molar refractivity (Wildman–Crippen MR) is 125 cm³/mol. The summed E-state index contributed by atoms with van der Waals surface area (Å²) in [5, 5.41) is 11.2. The first kappa shape index (κ1) is 23.1. The molecule has 7 nitrogen and oxygen atoms in total. The number of aliphatic hydroxyl groups is 1. The van der Waals surface area contributed by atoms with Crippen LogP contribution in [0.15, 0.2) is 40.3 Å². The summed E-state index contributed by atoms with van der Waals surface area (Å²) in [6, 6.07) is 8.20. The Hall–Kier alpha value is -3.06. The molecule has 0 spiro atoms. The third-order valence-corrected chi connectivity index (χ3v) is 6.51. The molecule has 1 fully saturated rings. The monoisotopic (exact) mass is 452 g/mol. The summed E-state index contributed by atoms with van der Waals surface area (Å²) in [5.74, 6) is 0.486. The van der Waals surface area contributed by atoms with E-state index in [-0.39, 0.29) is 17.4 Å². The lowest BCUT2D eigenvalue weighted by Crippen LogP contribution is -2.33. The molecule has 33 heavy (non-hydrogen) atoms. The number of furan rings is 1. The molecule has 1 N–H and O–H groups in total. The maximum atomic E-state index is 13.1. The Morgan fingerprint density at radius 1 is 1.18 bits per heavy atom. The second kappa shape index (κ2) is 9.43. The fourth-order valence-corrected chi connectivity index (χ4v) is 4.74. The van der Waals surface area contributed by atoms with Crippen LogP contribution in [0.5, 0.6) is 5.75 Å². The number of nitrogens with zero attached hydrogens (tertiary/aromatic N) is 2. The van der Waals surface area contributed by atoms with Gasteiger partial charge in [0.25, 0.3) is 11.7 Å². The number of aryl methyl sites for hydroxylation is 1. The van der Waals surface area contributed by atoms with Crippen LogP contribution in [-0.4, -0.2) is 58.9 Å². The van der Waals surface area contributed by atoms with Gasteiger partial charge in [0, 0.05) is 18.5 Å². The molecule has 1 aromatic carbocycles. The van der Waals surface area contributed by atoms with Crippen LogP contribution in [0.1, 0.15) is 55.9 Å². The van der Waals surface area contributed by atoms with Gasteiger partial charge in [-0.2, -0.15) is 0 Å². The molecule has 4 rings (SSSR count). The summed E-state index contributed by atoms with van der Waals surface area (Å²) in [7, 11) is 0. The quantitative estimate of drug-likeness (QED) is 0.369. The minimum Gasteiger partial charge on any atom is -0.507 e. The summed E-state index contributed by atoms with van der Waals surface area (Å²) >= 11 is 0. The van der Waals surface area contributed by atoms with Gasteiger partial charge in [0.1, 0.15) is 35.2 Å². The molecule has 2 aliphatic rings. The highest BCUT2D eigenvalue weighted by atomic mass is 16.5. The number of ketones is 1. The normalized spacial score (nSPS) is 21.7. The van der Waals surface area contributed by atoms with Crippen molar-refractivity contribution in [3.8, 4) is 5.75 Å². The number of carbonyl (C=O) groups is 2. The van der Waals surface area contributed by atoms with Crippen LogP contribution in [0, 0.1) is 6.92 Å². The minimum absolute atomic E-state index is 0.0693. The summed E-state index contributed by atoms with van der Waals surface area (Å²) < 4.78 is 11.6. The first-order valence-corrected chi connectivity index (χ1v) is 11.7. The number of ether oxygens (including phenoxy) is 1. The maximum absolute atomic E-state index is 13.1. The standard InChI is InChI=1S/C26H32N2O5/c1-5-27(6-2)12-7-13-28-23(21-10-8-16(3)32-21)22(25(30)26(28)31)24(29)18-9-11-20-19(15-18)14-17(4)33-20/h8-11,15,17,23,29H,5-7,12-14H2,1-4H3/b24-22+/t17-,23-/m0/s1. The number of fused-ring (bicyclic) bond motifs is 1. The predicted octanol–water partition coefficient (Wildman–Crippen LogP) is 4.07. The number of likely N-dealkylation sites (tertiary alicyclic amines) is 1. The number of amides is 1. The zero-order valence-corrected chi connectivity index (χ0v) is 19.8. The Bertz CT molecular complexity index is 1080. The molecule has 1 aromatic heterocycles. The molecule has 0 aliphatic carbocycles. The summed E-state index contributed by atoms with van der Waals surface area (Å²) in [4.78, 5) is 30.0. The van der Waals surface area contributed by atoms with Crippen molar-refractivity contribution in [3.63, 3.8) is 0 Å². The summed E-state index contributed by atoms with van der Waals surface area (Å²) in [6.45, 7) is 11.1. The highest BCUT2D eigenvalue weighted by Crippen LogP contribution is 2.41. The zero-order valence-electron chi connectivity index (χ0n) is 19.8. The van der Waals surface area contributed by atoms with Crippen LogP contribution in [0.3, 0.4) is 0 Å². The van der Waals surface area contributed by atoms with Gasteiger partial charge in [0.15, 0.2) is 0 Å². The number of Topliss-reactive ketones (excluding diaryl/α,β-unsaturated/α-hetero) is 1. The van der Waals surface area contributed by atoms with Crippen LogP contribution >= 0.6 is 0 Å². The first-order chi connectivity index (χ1) is 15.8. The molecule has 7 heteroatoms. The van der Waals surface area contributed by atoms with Crippen molar-refractivity contribution < 1.29 is 23.8 Å². The zero-order chi connectivity index (χ0) is 23.7. The van der Waals surface area contributed by atoms with E-state index in [1.54, 1.807) is 24.3 Å². The lowest BCUT2D eigenvalue weighted by Gasteiger charge is -2.25. The van der Waals surface area contributed by atoms with E-state index in [0.29, 0.717) is 23.6 Å². The minimum atomic E-state index is -0.751. The number of hydrogen-bond acceptors (Lipinski definition) is 6. The van der Waals surface area contributed by atoms with Crippen molar-refractivity contribution in [1.29, 1.82) is 0 Å². The number of aliphatic hydroxyl groups excluding tert-OH is 1. The maximum Gasteiger partial charge on any atom is 0.295 e. The molecular formula is C26H32N2O5. The number of benzene rings is 1. The number of carbonyl (C=O) groups excluding carboxylic acids is 2. The molecule has 2 aliphatic heterocycles. The van der Waals surface area contributed by atoms with E-state index in [0.717, 1.165) is 43.8 Å². The van der Waals surface area contributed by atoms with Gasteiger partial charge in [0.2, 0.25) is 0 Å². The van der Waals surface area contributed by atoms with Crippen molar-refractivity contribution in [2.45, 2.75) is 52.7 Å². The van der Waals surface area contributed by atoms with Crippen LogP contribution in [0.2, 0.25) is 0 Å². The summed E-state index contributed by atoms with van der Waals surface area (Å²) in [6.07, 6.45) is 1.52. The third kappa shape index (κ3) is 4.42. The molecule has 2 aromatic rings. The van der Waals surface area contributed by atoms with Crippen molar-refractivity contribution >= 4 is 17.4 Å². The van der Waals surface area contributed by atoms with Gasteiger partial charge in [-0.3, -0.25) is 9.59 Å². The highest BCUT2D eigenvalue weighted by molar-refractivity contribution is 6.46. The Morgan fingerprint density at radius 2 is 1.94 bits per heavy atom. The van der Waals surface area contributed by atoms with Gasteiger partial charge in [0.05, 0.1) is 5.57 Å². The van der Waals surface area contributed by atoms with Crippen molar-refractivity contribution in [1.82, 2.24) is 9.80 Å². The summed E-state index contributed by atoms with van der Waals surface area (Å²) in [5.41, 5.74) is 1.55. The fourth-order valence-electron chi connectivity index (χ4n) is 4.74. The van der Waals surface area contributed by atoms with Crippen LogP contribution in [-0.2, 0) is 16.0 Å². The molecule has 0 saturated carbocycles. The third-order valence-electron chi connectivity index (χ3n) is 6.51. The van der Waals surface area contributed by atoms with E-state index in [2.05, 4.69) is 18.7 Å². The van der Waals surface area contributed by atoms with Crippen molar-refractivity contribution in [2.75, 3.05) is 26.2 Å². The topological polar surface area (TPSA) is 83.2 Å². The van der Waals surface area contributed by atoms with E-state index in [9.17, 15) is 14.7 Å². The fraction of sp³-hybridized carbons (Fsp3) is 0.462. The molecule has 0 radical (unpaired) electrons. The van der Waals surface area contributed by atoms with Crippen molar-refractivity contribution in [2.24, 2.45) is 0 Å². The largest absolute Gasteiger partial charge is 0.507 e. The van der Waals surface area contributed by atoms with Gasteiger partial charge < -0.3 is 24.1 Å².